The molecular formula is C17H26O3. The Morgan fingerprint density at radius 1 is 1.05 bits per heavy atom. The summed E-state index contributed by atoms with van der Waals surface area (Å²) in [6.45, 7) is 7.21. The second kappa shape index (κ2) is 9.54. The number of esters is 1. The smallest absolute Gasteiger partial charge is 0.341 e. The van der Waals surface area contributed by atoms with Crippen LogP contribution in [0.15, 0.2) is 36.6 Å². The molecule has 3 nitrogen and oxygen atoms in total. The number of carbonyl (C=O) groups is 1. The molecule has 0 radical (unpaired) electrons. The third-order valence-electron chi connectivity index (χ3n) is 3.54. The lowest BCUT2D eigenvalue weighted by atomic mass is 10.1. The van der Waals surface area contributed by atoms with E-state index in [9.17, 15) is 9.90 Å². The first-order chi connectivity index (χ1) is 9.66. The second-order valence-corrected chi connectivity index (χ2v) is 5.26. The summed E-state index contributed by atoms with van der Waals surface area (Å²) in [6, 6.07) is 0. The highest BCUT2D eigenvalue weighted by Gasteiger charge is 2.32. The summed E-state index contributed by atoms with van der Waals surface area (Å²) < 4.78 is 4.77. The predicted octanol–water partition coefficient (Wildman–Crippen LogP) is 4.04. The van der Waals surface area contributed by atoms with E-state index < -0.39 is 12.1 Å². The molecule has 1 heterocycles. The highest BCUT2D eigenvalue weighted by Crippen LogP contribution is 2.23. The van der Waals surface area contributed by atoms with Crippen LogP contribution in [0.2, 0.25) is 0 Å². The van der Waals surface area contributed by atoms with Crippen LogP contribution in [0.1, 0.15) is 57.8 Å². The average molecular weight is 278 g/mol. The van der Waals surface area contributed by atoms with Gasteiger partial charge in [-0.25, -0.2) is 4.79 Å². The Balaban J connectivity index is 2.03. The lowest BCUT2D eigenvalue weighted by Gasteiger charge is -2.01. The van der Waals surface area contributed by atoms with Gasteiger partial charge in [-0.3, -0.25) is 0 Å². The number of ether oxygens (including phenoxy) is 1. The molecule has 0 bridgehead atoms. The molecule has 1 saturated heterocycles. The maximum absolute atomic E-state index is 11.4. The number of aliphatic hydroxyl groups is 1. The van der Waals surface area contributed by atoms with Gasteiger partial charge in [-0.15, -0.1) is 6.58 Å². The van der Waals surface area contributed by atoms with E-state index in [4.69, 9.17) is 4.74 Å². The Bertz CT molecular complexity index is 368. The summed E-state index contributed by atoms with van der Waals surface area (Å²) >= 11 is 0. The zero-order valence-corrected chi connectivity index (χ0v) is 12.3. The van der Waals surface area contributed by atoms with Crippen molar-refractivity contribution >= 4 is 5.97 Å². The number of unbranched alkanes of at least 4 members (excludes halogenated alkanes) is 8. The zero-order chi connectivity index (χ0) is 14.8. The molecule has 1 aliphatic rings. The van der Waals surface area contributed by atoms with Gasteiger partial charge in [0.2, 0.25) is 0 Å². The summed E-state index contributed by atoms with van der Waals surface area (Å²) in [5.41, 5.74) is 0.347. The first-order valence-electron chi connectivity index (χ1n) is 7.56. The van der Waals surface area contributed by atoms with Crippen LogP contribution in [0.3, 0.4) is 0 Å². The number of hydrogen-bond donors (Lipinski definition) is 1. The van der Waals surface area contributed by atoms with Gasteiger partial charge >= 0.3 is 5.97 Å². The molecule has 3 heteroatoms. The Kier molecular flexibility index (Phi) is 7.97. The predicted molar refractivity (Wildman–Crippen MR) is 81.1 cm³/mol. The van der Waals surface area contributed by atoms with Crippen LogP contribution >= 0.6 is 0 Å². The lowest BCUT2D eigenvalue weighted by molar-refractivity contribution is -0.132. The van der Waals surface area contributed by atoms with Crippen LogP contribution in [-0.4, -0.2) is 17.2 Å². The number of cyclic esters (lactones) is 1. The van der Waals surface area contributed by atoms with Crippen LogP contribution in [0.25, 0.3) is 0 Å². The average Bonchev–Trinajstić information content (AvgIpc) is 2.67. The molecule has 1 atom stereocenters. The zero-order valence-electron chi connectivity index (χ0n) is 12.3. The van der Waals surface area contributed by atoms with Gasteiger partial charge in [0.05, 0.1) is 5.57 Å². The standard InChI is InChI=1S/C17H26O3/c1-3-4-5-6-7-8-9-10-11-12-13-15-16(18)14(2)20-17(15)19/h3,13,16,18H,1-2,4-12H2. The molecular weight excluding hydrogens is 252 g/mol. The summed E-state index contributed by atoms with van der Waals surface area (Å²) in [5, 5.41) is 9.65. The minimum absolute atomic E-state index is 0.140. The Morgan fingerprint density at radius 3 is 2.10 bits per heavy atom. The van der Waals surface area contributed by atoms with Gasteiger partial charge in [-0.1, -0.05) is 50.8 Å². The quantitative estimate of drug-likeness (QED) is 0.284. The molecule has 0 amide bonds. The molecule has 20 heavy (non-hydrogen) atoms. The first-order valence-corrected chi connectivity index (χ1v) is 7.56. The molecule has 0 aromatic rings. The van der Waals surface area contributed by atoms with E-state index in [2.05, 4.69) is 13.2 Å². The fourth-order valence-corrected chi connectivity index (χ4v) is 2.29. The summed E-state index contributed by atoms with van der Waals surface area (Å²) in [7, 11) is 0. The van der Waals surface area contributed by atoms with Crippen LogP contribution in [0, 0.1) is 0 Å². The van der Waals surface area contributed by atoms with Crippen LogP contribution < -0.4 is 0 Å². The van der Waals surface area contributed by atoms with E-state index in [0.29, 0.717) is 5.57 Å². The first kappa shape index (κ1) is 16.7. The number of rotatable bonds is 10. The van der Waals surface area contributed by atoms with Crippen molar-refractivity contribution < 1.29 is 14.6 Å². The third kappa shape index (κ3) is 5.74. The molecule has 0 aromatic heterocycles. The molecule has 0 spiro atoms. The normalized spacial score (nSPS) is 20.4. The molecule has 1 unspecified atom stereocenters. The number of hydrogen-bond acceptors (Lipinski definition) is 3. The highest BCUT2D eigenvalue weighted by atomic mass is 16.6. The summed E-state index contributed by atoms with van der Waals surface area (Å²) in [5.74, 6) is -0.314. The Labute approximate surface area is 122 Å². The van der Waals surface area contributed by atoms with Crippen molar-refractivity contribution in [1.82, 2.24) is 0 Å². The maximum Gasteiger partial charge on any atom is 0.341 e. The Hall–Kier alpha value is -1.35. The van der Waals surface area contributed by atoms with Crippen molar-refractivity contribution in [3.05, 3.63) is 36.6 Å². The van der Waals surface area contributed by atoms with Gasteiger partial charge in [0.25, 0.3) is 0 Å². The number of aliphatic hydroxyl groups excluding tert-OH is 1. The second-order valence-electron chi connectivity index (χ2n) is 5.26. The van der Waals surface area contributed by atoms with Crippen molar-refractivity contribution in [2.24, 2.45) is 0 Å². The monoisotopic (exact) mass is 278 g/mol. The van der Waals surface area contributed by atoms with Gasteiger partial charge in [-0.2, -0.15) is 0 Å². The van der Waals surface area contributed by atoms with E-state index in [1.54, 1.807) is 6.08 Å². The summed E-state index contributed by atoms with van der Waals surface area (Å²) in [6.07, 6.45) is 13.3. The molecule has 1 aliphatic heterocycles. The molecule has 112 valence electrons. The van der Waals surface area contributed by atoms with Crippen LogP contribution in [0.5, 0.6) is 0 Å². The lowest BCUT2D eigenvalue weighted by Crippen LogP contribution is -2.07. The molecule has 0 aromatic carbocycles. The maximum atomic E-state index is 11.4. The third-order valence-corrected chi connectivity index (χ3v) is 3.54. The van der Waals surface area contributed by atoms with Crippen molar-refractivity contribution in [1.29, 1.82) is 0 Å². The number of carbonyl (C=O) groups excluding carboxylic acids is 1. The van der Waals surface area contributed by atoms with Gasteiger partial charge < -0.3 is 9.84 Å². The molecule has 1 rings (SSSR count). The van der Waals surface area contributed by atoms with E-state index in [1.165, 1.54) is 32.1 Å². The SMILES string of the molecule is C=CCCCCCCCCCC=C1C(=O)OC(=C)C1O. The highest BCUT2D eigenvalue weighted by molar-refractivity contribution is 5.93. The minimum Gasteiger partial charge on any atom is -0.425 e. The fourth-order valence-electron chi connectivity index (χ4n) is 2.29. The molecule has 0 aliphatic carbocycles. The van der Waals surface area contributed by atoms with Crippen LogP contribution in [0.4, 0.5) is 0 Å². The van der Waals surface area contributed by atoms with Gasteiger partial charge in [0.15, 0.2) is 0 Å². The van der Waals surface area contributed by atoms with Crippen molar-refractivity contribution in [3.63, 3.8) is 0 Å². The largest absolute Gasteiger partial charge is 0.425 e. The number of allylic oxidation sites excluding steroid dienone is 2. The van der Waals surface area contributed by atoms with Crippen LogP contribution in [-0.2, 0) is 9.53 Å². The summed E-state index contributed by atoms with van der Waals surface area (Å²) in [4.78, 5) is 11.4. The van der Waals surface area contributed by atoms with Gasteiger partial charge in [0, 0.05) is 0 Å². The van der Waals surface area contributed by atoms with Crippen molar-refractivity contribution in [2.45, 2.75) is 63.9 Å². The Morgan fingerprint density at radius 2 is 1.60 bits per heavy atom. The minimum atomic E-state index is -0.938. The van der Waals surface area contributed by atoms with E-state index in [-0.39, 0.29) is 5.76 Å². The van der Waals surface area contributed by atoms with E-state index in [0.717, 1.165) is 25.7 Å². The van der Waals surface area contributed by atoms with Gasteiger partial charge in [-0.05, 0) is 25.7 Å². The molecule has 1 N–H and O–H groups in total. The van der Waals surface area contributed by atoms with E-state index in [1.807, 2.05) is 6.08 Å². The molecule has 0 saturated carbocycles. The van der Waals surface area contributed by atoms with Crippen molar-refractivity contribution in [3.8, 4) is 0 Å². The topological polar surface area (TPSA) is 46.5 Å². The van der Waals surface area contributed by atoms with Gasteiger partial charge in [0.1, 0.15) is 11.9 Å². The molecule has 1 fully saturated rings. The fraction of sp³-hybridized carbons (Fsp3) is 0.588. The van der Waals surface area contributed by atoms with Crippen molar-refractivity contribution in [2.75, 3.05) is 0 Å². The van der Waals surface area contributed by atoms with E-state index >= 15 is 0 Å².